The molecule has 0 saturated heterocycles. The lowest BCUT2D eigenvalue weighted by atomic mass is 9.94. The molecule has 1 heterocycles. The Labute approximate surface area is 183 Å². The lowest BCUT2D eigenvalue weighted by Gasteiger charge is -2.32. The number of para-hydroxylation sites is 1. The molecule has 2 aromatic rings. The molecule has 6 nitrogen and oxygen atoms in total. The maximum absolute atomic E-state index is 13.4. The second-order valence-corrected chi connectivity index (χ2v) is 8.41. The zero-order chi connectivity index (χ0) is 21.6. The van der Waals surface area contributed by atoms with Gasteiger partial charge in [-0.05, 0) is 43.4 Å². The molecular weight excluding hydrogens is 390 g/mol. The molecule has 1 atom stereocenters. The van der Waals surface area contributed by atoms with Crippen LogP contribution in [0.1, 0.15) is 54.4 Å². The van der Waals surface area contributed by atoms with Gasteiger partial charge in [-0.2, -0.15) is 0 Å². The highest BCUT2D eigenvalue weighted by atomic mass is 16.2. The van der Waals surface area contributed by atoms with E-state index in [0.717, 1.165) is 31.2 Å². The van der Waals surface area contributed by atoms with E-state index in [9.17, 15) is 14.4 Å². The maximum atomic E-state index is 13.4. The van der Waals surface area contributed by atoms with Crippen molar-refractivity contribution in [2.45, 2.75) is 57.0 Å². The van der Waals surface area contributed by atoms with Crippen LogP contribution >= 0.6 is 0 Å². The molecule has 6 heteroatoms. The first kappa shape index (κ1) is 21.1. The fraction of sp³-hybridized carbons (Fsp3) is 0.400. The van der Waals surface area contributed by atoms with E-state index >= 15 is 0 Å². The molecular formula is C25H29N3O3. The number of nitrogens with zero attached hydrogens (tertiary/aromatic N) is 1. The standard InChI is InChI=1S/C25H29N3O3/c29-23-17-28(25(31)20-13-7-8-14-21(20)27-23)22(16-15-18-9-3-1-4-10-18)24(30)26-19-11-5-2-6-12-19/h1,3-4,7-10,13-14,19,22H,2,5-6,11-12,15-17H2,(H,26,30)(H,27,29). The Morgan fingerprint density at radius 3 is 2.48 bits per heavy atom. The van der Waals surface area contributed by atoms with Gasteiger partial charge in [0.1, 0.15) is 12.6 Å². The van der Waals surface area contributed by atoms with E-state index in [2.05, 4.69) is 10.6 Å². The fourth-order valence-electron chi connectivity index (χ4n) is 4.52. The van der Waals surface area contributed by atoms with Gasteiger partial charge < -0.3 is 15.5 Å². The summed E-state index contributed by atoms with van der Waals surface area (Å²) in [4.78, 5) is 40.8. The Morgan fingerprint density at radius 1 is 1.00 bits per heavy atom. The van der Waals surface area contributed by atoms with Crippen molar-refractivity contribution in [2.75, 3.05) is 11.9 Å². The summed E-state index contributed by atoms with van der Waals surface area (Å²) in [7, 11) is 0. The van der Waals surface area contributed by atoms with Crippen molar-refractivity contribution < 1.29 is 14.4 Å². The first-order valence-electron chi connectivity index (χ1n) is 11.2. The molecule has 0 aromatic heterocycles. The van der Waals surface area contributed by atoms with Crippen LogP contribution in [0.4, 0.5) is 5.69 Å². The van der Waals surface area contributed by atoms with Gasteiger partial charge in [0.05, 0.1) is 11.3 Å². The van der Waals surface area contributed by atoms with Crippen molar-refractivity contribution in [3.63, 3.8) is 0 Å². The first-order valence-corrected chi connectivity index (χ1v) is 11.2. The van der Waals surface area contributed by atoms with Gasteiger partial charge >= 0.3 is 0 Å². The van der Waals surface area contributed by atoms with Gasteiger partial charge in [0.15, 0.2) is 0 Å². The fourth-order valence-corrected chi connectivity index (χ4v) is 4.52. The van der Waals surface area contributed by atoms with E-state index in [1.807, 2.05) is 30.3 Å². The number of anilines is 1. The molecule has 31 heavy (non-hydrogen) atoms. The lowest BCUT2D eigenvalue weighted by molar-refractivity contribution is -0.127. The average Bonchev–Trinajstić information content (AvgIpc) is 2.91. The van der Waals surface area contributed by atoms with Gasteiger partial charge in [-0.25, -0.2) is 0 Å². The van der Waals surface area contributed by atoms with Gasteiger partial charge in [-0.1, -0.05) is 61.7 Å². The van der Waals surface area contributed by atoms with E-state index in [1.165, 1.54) is 11.3 Å². The first-order chi connectivity index (χ1) is 15.1. The molecule has 2 aliphatic rings. The normalized spacial score (nSPS) is 18.0. The van der Waals surface area contributed by atoms with Gasteiger partial charge in [-0.15, -0.1) is 0 Å². The zero-order valence-corrected chi connectivity index (χ0v) is 17.7. The Bertz CT molecular complexity index is 938. The number of nitrogens with one attached hydrogen (secondary N) is 2. The topological polar surface area (TPSA) is 78.5 Å². The highest BCUT2D eigenvalue weighted by Gasteiger charge is 2.35. The van der Waals surface area contributed by atoms with Crippen molar-refractivity contribution >= 4 is 23.4 Å². The van der Waals surface area contributed by atoms with Gasteiger partial charge in [0.25, 0.3) is 5.91 Å². The Morgan fingerprint density at radius 2 is 1.71 bits per heavy atom. The maximum Gasteiger partial charge on any atom is 0.257 e. The minimum Gasteiger partial charge on any atom is -0.352 e. The zero-order valence-electron chi connectivity index (χ0n) is 17.7. The van der Waals surface area contributed by atoms with Crippen LogP contribution in [0.15, 0.2) is 54.6 Å². The molecule has 0 spiro atoms. The molecule has 1 aliphatic heterocycles. The highest BCUT2D eigenvalue weighted by Crippen LogP contribution is 2.24. The molecule has 1 fully saturated rings. The van der Waals surface area contributed by atoms with E-state index < -0.39 is 6.04 Å². The van der Waals surface area contributed by atoms with Crippen LogP contribution in [0.25, 0.3) is 0 Å². The summed E-state index contributed by atoms with van der Waals surface area (Å²) in [6.07, 6.45) is 6.46. The molecule has 4 rings (SSSR count). The number of carbonyl (C=O) groups excluding carboxylic acids is 3. The van der Waals surface area contributed by atoms with E-state index in [-0.39, 0.29) is 30.3 Å². The van der Waals surface area contributed by atoms with Gasteiger partial charge in [-0.3, -0.25) is 14.4 Å². The lowest BCUT2D eigenvalue weighted by Crippen LogP contribution is -2.53. The second-order valence-electron chi connectivity index (χ2n) is 8.41. The molecule has 2 N–H and O–H groups in total. The summed E-state index contributed by atoms with van der Waals surface area (Å²) in [5.74, 6) is -0.734. The summed E-state index contributed by atoms with van der Waals surface area (Å²) >= 11 is 0. The van der Waals surface area contributed by atoms with Crippen LogP contribution < -0.4 is 10.6 Å². The number of hydrogen-bond donors (Lipinski definition) is 2. The van der Waals surface area contributed by atoms with Gasteiger partial charge in [0, 0.05) is 6.04 Å². The quantitative estimate of drug-likeness (QED) is 0.752. The Hall–Kier alpha value is -3.15. The average molecular weight is 420 g/mol. The minimum absolute atomic E-state index is 0.134. The Kier molecular flexibility index (Phi) is 6.65. The monoisotopic (exact) mass is 419 g/mol. The van der Waals surface area contributed by atoms with Crippen LogP contribution in [0.3, 0.4) is 0 Å². The molecule has 3 amide bonds. The van der Waals surface area contributed by atoms with E-state index in [4.69, 9.17) is 0 Å². The number of aryl methyl sites for hydroxylation is 1. The number of amides is 3. The van der Waals surface area contributed by atoms with E-state index in [0.29, 0.717) is 24.1 Å². The Balaban J connectivity index is 1.59. The smallest absolute Gasteiger partial charge is 0.257 e. The van der Waals surface area contributed by atoms with Crippen molar-refractivity contribution in [2.24, 2.45) is 0 Å². The molecule has 0 radical (unpaired) electrons. The van der Waals surface area contributed by atoms with Gasteiger partial charge in [0.2, 0.25) is 11.8 Å². The summed E-state index contributed by atoms with van der Waals surface area (Å²) in [5, 5.41) is 5.97. The summed E-state index contributed by atoms with van der Waals surface area (Å²) < 4.78 is 0. The van der Waals surface area contributed by atoms with E-state index in [1.54, 1.807) is 24.3 Å². The molecule has 2 aromatic carbocycles. The molecule has 1 aliphatic carbocycles. The highest BCUT2D eigenvalue weighted by molar-refractivity contribution is 6.09. The third-order valence-corrected chi connectivity index (χ3v) is 6.19. The van der Waals surface area contributed by atoms with Crippen molar-refractivity contribution in [1.29, 1.82) is 0 Å². The minimum atomic E-state index is -0.702. The third kappa shape index (κ3) is 5.13. The number of carbonyl (C=O) groups is 3. The van der Waals surface area contributed by atoms with Crippen LogP contribution in [0, 0.1) is 0 Å². The number of hydrogen-bond acceptors (Lipinski definition) is 3. The summed E-state index contributed by atoms with van der Waals surface area (Å²) in [5.41, 5.74) is 2.02. The van der Waals surface area contributed by atoms with Crippen LogP contribution in [-0.4, -0.2) is 41.2 Å². The SMILES string of the molecule is O=C1CN(C(CCc2ccccc2)C(=O)NC2CCCCC2)C(=O)c2ccccc2N1. The molecule has 0 bridgehead atoms. The molecule has 1 unspecified atom stereocenters. The predicted molar refractivity (Wildman–Crippen MR) is 120 cm³/mol. The van der Waals surface area contributed by atoms with Crippen molar-refractivity contribution in [3.8, 4) is 0 Å². The van der Waals surface area contributed by atoms with Crippen LogP contribution in [0.5, 0.6) is 0 Å². The second kappa shape index (κ2) is 9.77. The van der Waals surface area contributed by atoms with Crippen LogP contribution in [-0.2, 0) is 16.0 Å². The third-order valence-electron chi connectivity index (χ3n) is 6.19. The summed E-state index contributed by atoms with van der Waals surface area (Å²) in [6.45, 7) is -0.134. The van der Waals surface area contributed by atoms with Crippen LogP contribution in [0.2, 0.25) is 0 Å². The number of fused-ring (bicyclic) bond motifs is 1. The predicted octanol–water partition coefficient (Wildman–Crippen LogP) is 3.53. The molecule has 162 valence electrons. The van der Waals surface area contributed by atoms with Crippen molar-refractivity contribution in [1.82, 2.24) is 10.2 Å². The molecule has 1 saturated carbocycles. The van der Waals surface area contributed by atoms with Crippen molar-refractivity contribution in [3.05, 3.63) is 65.7 Å². The number of benzene rings is 2. The summed E-state index contributed by atoms with van der Waals surface area (Å²) in [6, 6.07) is 16.3. The largest absolute Gasteiger partial charge is 0.352 e. The number of rotatable bonds is 6.